The smallest absolute Gasteiger partial charge is 0.226 e. The first-order valence-corrected chi connectivity index (χ1v) is 9.52. The summed E-state index contributed by atoms with van der Waals surface area (Å²) in [6.07, 6.45) is 2.70. The molecule has 0 bridgehead atoms. The van der Waals surface area contributed by atoms with Crippen molar-refractivity contribution in [3.05, 3.63) is 35.2 Å². The van der Waals surface area contributed by atoms with Crippen molar-refractivity contribution in [3.8, 4) is 11.3 Å². The zero-order chi connectivity index (χ0) is 16.9. The molecule has 1 saturated heterocycles. The molecule has 6 heteroatoms. The maximum Gasteiger partial charge on any atom is 0.226 e. The predicted octanol–water partition coefficient (Wildman–Crippen LogP) is 4.68. The Kier molecular flexibility index (Phi) is 7.41. The second-order valence-corrected chi connectivity index (χ2v) is 7.73. The molecule has 2 heterocycles. The predicted molar refractivity (Wildman–Crippen MR) is 108 cm³/mol. The summed E-state index contributed by atoms with van der Waals surface area (Å²) in [5, 5.41) is 7.06. The van der Waals surface area contributed by atoms with Gasteiger partial charge < -0.3 is 10.6 Å². The zero-order valence-corrected chi connectivity index (χ0v) is 16.4. The number of nitrogens with one attached hydrogen (secondary N) is 2. The zero-order valence-electron chi connectivity index (χ0n) is 14.7. The largest absolute Gasteiger partial charge is 0.316 e. The Balaban J connectivity index is 0.00000225. The number of carbonyl (C=O) groups is 1. The van der Waals surface area contributed by atoms with Crippen LogP contribution in [0.15, 0.2) is 30.3 Å². The quantitative estimate of drug-likeness (QED) is 0.765. The van der Waals surface area contributed by atoms with Crippen LogP contribution in [0, 0.1) is 5.92 Å². The minimum Gasteiger partial charge on any atom is -0.316 e. The van der Waals surface area contributed by atoms with Crippen molar-refractivity contribution in [1.29, 1.82) is 0 Å². The van der Waals surface area contributed by atoms with Gasteiger partial charge in [-0.2, -0.15) is 0 Å². The van der Waals surface area contributed by atoms with Crippen LogP contribution < -0.4 is 10.6 Å². The number of halogens is 1. The molecule has 136 valence electrons. The number of amides is 1. The van der Waals surface area contributed by atoms with Crippen LogP contribution in [0.3, 0.4) is 0 Å². The average Bonchev–Trinajstić information content (AvgIpc) is 3.23. The fourth-order valence-corrected chi connectivity index (χ4v) is 4.06. The molecular weight excluding hydrogens is 354 g/mol. The molecule has 2 N–H and O–H groups in total. The summed E-state index contributed by atoms with van der Waals surface area (Å²) in [7, 11) is 0. The second kappa shape index (κ2) is 9.32. The highest BCUT2D eigenvalue weighted by Gasteiger charge is 2.19. The molecule has 25 heavy (non-hydrogen) atoms. The minimum absolute atomic E-state index is 0. The molecule has 2 aromatic rings. The number of carbonyl (C=O) groups excluding carboxylic acids is 1. The molecule has 1 fully saturated rings. The van der Waals surface area contributed by atoms with Gasteiger partial charge in [-0.1, -0.05) is 44.2 Å². The molecule has 4 nitrogen and oxygen atoms in total. The van der Waals surface area contributed by atoms with Crippen LogP contribution >= 0.6 is 23.7 Å². The molecule has 0 radical (unpaired) electrons. The van der Waals surface area contributed by atoms with Gasteiger partial charge in [-0.3, -0.25) is 4.79 Å². The molecular formula is C19H26ClN3OS. The third kappa shape index (κ3) is 5.27. The highest BCUT2D eigenvalue weighted by molar-refractivity contribution is 7.16. The molecule has 1 unspecified atom stereocenters. The summed E-state index contributed by atoms with van der Waals surface area (Å²) in [6.45, 7) is 6.45. The van der Waals surface area contributed by atoms with Gasteiger partial charge in [0, 0.05) is 16.9 Å². The first-order chi connectivity index (χ1) is 11.6. The summed E-state index contributed by atoms with van der Waals surface area (Å²) in [5.74, 6) is 1.09. The van der Waals surface area contributed by atoms with E-state index in [0.29, 0.717) is 23.4 Å². The van der Waals surface area contributed by atoms with E-state index in [9.17, 15) is 4.79 Å². The Morgan fingerprint density at radius 1 is 1.36 bits per heavy atom. The van der Waals surface area contributed by atoms with Crippen LogP contribution in [0.1, 0.15) is 43.9 Å². The average molecular weight is 380 g/mol. The molecule has 0 spiro atoms. The normalized spacial score (nSPS) is 16.7. The maximum atomic E-state index is 12.2. The van der Waals surface area contributed by atoms with Crippen molar-refractivity contribution < 1.29 is 4.79 Å². The van der Waals surface area contributed by atoms with Crippen LogP contribution in [-0.4, -0.2) is 24.0 Å². The van der Waals surface area contributed by atoms with Gasteiger partial charge in [0.2, 0.25) is 5.91 Å². The summed E-state index contributed by atoms with van der Waals surface area (Å²) in [5.41, 5.74) is 2.10. The number of aromatic nitrogens is 1. The fraction of sp³-hybridized carbons (Fsp3) is 0.474. The molecule has 1 atom stereocenters. The Morgan fingerprint density at radius 2 is 2.12 bits per heavy atom. The molecule has 0 saturated carbocycles. The van der Waals surface area contributed by atoms with Crippen LogP contribution in [0.4, 0.5) is 5.13 Å². The van der Waals surface area contributed by atoms with E-state index in [1.54, 1.807) is 11.3 Å². The summed E-state index contributed by atoms with van der Waals surface area (Å²) < 4.78 is 0. The van der Waals surface area contributed by atoms with Crippen LogP contribution in [0.5, 0.6) is 0 Å². The SMILES string of the molecule is CC(C)c1sc(NC(=O)CCC2CCNC2)nc1-c1ccccc1.Cl. The third-order valence-corrected chi connectivity index (χ3v) is 5.68. The number of rotatable bonds is 6. The van der Waals surface area contributed by atoms with Crippen molar-refractivity contribution in [2.75, 3.05) is 18.4 Å². The van der Waals surface area contributed by atoms with Crippen molar-refractivity contribution in [2.24, 2.45) is 5.92 Å². The van der Waals surface area contributed by atoms with E-state index in [-0.39, 0.29) is 18.3 Å². The topological polar surface area (TPSA) is 54.0 Å². The van der Waals surface area contributed by atoms with Crippen molar-refractivity contribution >= 4 is 34.8 Å². The summed E-state index contributed by atoms with van der Waals surface area (Å²) in [6, 6.07) is 10.2. The van der Waals surface area contributed by atoms with Crippen LogP contribution in [-0.2, 0) is 4.79 Å². The highest BCUT2D eigenvalue weighted by atomic mass is 35.5. The van der Waals surface area contributed by atoms with Gasteiger partial charge in [0.1, 0.15) is 0 Å². The van der Waals surface area contributed by atoms with E-state index in [0.717, 1.165) is 30.8 Å². The van der Waals surface area contributed by atoms with E-state index in [1.165, 1.54) is 11.3 Å². The number of thiazole rings is 1. The second-order valence-electron chi connectivity index (χ2n) is 6.70. The number of hydrogen-bond acceptors (Lipinski definition) is 4. The summed E-state index contributed by atoms with van der Waals surface area (Å²) >= 11 is 1.59. The Labute approximate surface area is 159 Å². The van der Waals surface area contributed by atoms with E-state index >= 15 is 0 Å². The Bertz CT molecular complexity index is 681. The van der Waals surface area contributed by atoms with Gasteiger partial charge >= 0.3 is 0 Å². The molecule has 3 rings (SSSR count). The van der Waals surface area contributed by atoms with Gasteiger partial charge in [-0.15, -0.1) is 23.7 Å². The van der Waals surface area contributed by atoms with E-state index in [1.807, 2.05) is 18.2 Å². The molecule has 1 aliphatic heterocycles. The Morgan fingerprint density at radius 3 is 2.76 bits per heavy atom. The van der Waals surface area contributed by atoms with Crippen LogP contribution in [0.2, 0.25) is 0 Å². The highest BCUT2D eigenvalue weighted by Crippen LogP contribution is 2.36. The number of anilines is 1. The van der Waals surface area contributed by atoms with Gasteiger partial charge in [-0.05, 0) is 37.8 Å². The minimum atomic E-state index is 0. The lowest BCUT2D eigenvalue weighted by Crippen LogP contribution is -2.14. The molecule has 1 amide bonds. The molecule has 1 aromatic heterocycles. The lowest BCUT2D eigenvalue weighted by Gasteiger charge is -2.07. The molecule has 1 aliphatic rings. The van der Waals surface area contributed by atoms with Gasteiger partial charge in [-0.25, -0.2) is 4.98 Å². The summed E-state index contributed by atoms with van der Waals surface area (Å²) in [4.78, 5) is 18.1. The van der Waals surface area contributed by atoms with Crippen LogP contribution in [0.25, 0.3) is 11.3 Å². The van der Waals surface area contributed by atoms with Crippen molar-refractivity contribution in [3.63, 3.8) is 0 Å². The lowest BCUT2D eigenvalue weighted by atomic mass is 10.0. The van der Waals surface area contributed by atoms with Crippen molar-refractivity contribution in [1.82, 2.24) is 10.3 Å². The standard InChI is InChI=1S/C19H25N3OS.ClH/c1-13(2)18-17(15-6-4-3-5-7-15)22-19(24-18)21-16(23)9-8-14-10-11-20-12-14;/h3-7,13-14,20H,8-12H2,1-2H3,(H,21,22,23);1H. The number of hydrogen-bond donors (Lipinski definition) is 2. The molecule has 0 aliphatic carbocycles. The maximum absolute atomic E-state index is 12.2. The van der Waals surface area contributed by atoms with Crippen molar-refractivity contribution in [2.45, 2.75) is 39.0 Å². The number of nitrogens with zero attached hydrogens (tertiary/aromatic N) is 1. The van der Waals surface area contributed by atoms with Gasteiger partial charge in [0.25, 0.3) is 0 Å². The van der Waals surface area contributed by atoms with E-state index in [4.69, 9.17) is 4.98 Å². The first kappa shape index (κ1) is 19.9. The molecule has 1 aromatic carbocycles. The monoisotopic (exact) mass is 379 g/mol. The van der Waals surface area contributed by atoms with E-state index in [2.05, 4.69) is 36.6 Å². The Hall–Kier alpha value is -1.43. The third-order valence-electron chi connectivity index (χ3n) is 4.41. The first-order valence-electron chi connectivity index (χ1n) is 8.70. The van der Waals surface area contributed by atoms with E-state index < -0.39 is 0 Å². The lowest BCUT2D eigenvalue weighted by molar-refractivity contribution is -0.116. The fourth-order valence-electron chi connectivity index (χ4n) is 3.06. The van der Waals surface area contributed by atoms with Gasteiger partial charge in [0.15, 0.2) is 5.13 Å². The van der Waals surface area contributed by atoms with Gasteiger partial charge in [0.05, 0.1) is 5.69 Å². The number of benzene rings is 1.